The van der Waals surface area contributed by atoms with E-state index in [-0.39, 0.29) is 0 Å². The van der Waals surface area contributed by atoms with Crippen molar-refractivity contribution >= 4 is 23.1 Å². The predicted molar refractivity (Wildman–Crippen MR) is 126 cm³/mol. The molecular formula is C24H19N5S2. The second kappa shape index (κ2) is 8.83. The highest BCUT2D eigenvalue weighted by molar-refractivity contribution is 7.98. The van der Waals surface area contributed by atoms with Crippen molar-refractivity contribution in [1.82, 2.24) is 24.7 Å². The van der Waals surface area contributed by atoms with Crippen LogP contribution in [0.3, 0.4) is 0 Å². The number of pyridine rings is 1. The van der Waals surface area contributed by atoms with E-state index in [0.29, 0.717) is 5.75 Å². The topological polar surface area (TPSA) is 56.5 Å². The van der Waals surface area contributed by atoms with Crippen molar-refractivity contribution in [1.29, 1.82) is 0 Å². The highest BCUT2D eigenvalue weighted by Gasteiger charge is 2.17. The van der Waals surface area contributed by atoms with Crippen LogP contribution in [0.2, 0.25) is 0 Å². The molecule has 0 spiro atoms. The highest BCUT2D eigenvalue weighted by atomic mass is 32.2. The fourth-order valence-electron chi connectivity index (χ4n) is 3.18. The first kappa shape index (κ1) is 19.7. The summed E-state index contributed by atoms with van der Waals surface area (Å²) in [6.07, 6.45) is 1.79. The molecule has 3 heterocycles. The summed E-state index contributed by atoms with van der Waals surface area (Å²) in [5, 5.41) is 12.9. The molecule has 5 rings (SSSR count). The van der Waals surface area contributed by atoms with Crippen molar-refractivity contribution in [2.75, 3.05) is 0 Å². The van der Waals surface area contributed by atoms with Gasteiger partial charge >= 0.3 is 0 Å². The molecule has 2 aromatic carbocycles. The minimum atomic E-state index is 0.710. The molecule has 0 N–H and O–H groups in total. The quantitative estimate of drug-likeness (QED) is 0.300. The Hall–Kier alpha value is -3.29. The normalized spacial score (nSPS) is 11.0. The Labute approximate surface area is 188 Å². The highest BCUT2D eigenvalue weighted by Crippen LogP contribution is 2.31. The minimum absolute atomic E-state index is 0.710. The second-order valence-corrected chi connectivity index (χ2v) is 8.79. The molecule has 0 saturated carbocycles. The molecule has 0 atom stereocenters. The molecule has 0 unspecified atom stereocenters. The molecule has 0 saturated heterocycles. The number of benzene rings is 2. The Morgan fingerprint density at radius 1 is 0.903 bits per heavy atom. The molecule has 0 aliphatic heterocycles. The number of thiazole rings is 1. The van der Waals surface area contributed by atoms with Gasteiger partial charge in [-0.15, -0.1) is 21.5 Å². The monoisotopic (exact) mass is 441 g/mol. The number of nitrogens with zero attached hydrogens (tertiary/aromatic N) is 5. The lowest BCUT2D eigenvalue weighted by atomic mass is 10.2. The minimum Gasteiger partial charge on any atom is -0.270 e. The van der Waals surface area contributed by atoms with E-state index in [9.17, 15) is 0 Å². The van der Waals surface area contributed by atoms with Gasteiger partial charge in [-0.05, 0) is 31.2 Å². The van der Waals surface area contributed by atoms with Crippen molar-refractivity contribution in [3.8, 4) is 27.8 Å². The summed E-state index contributed by atoms with van der Waals surface area (Å²) in [6, 6.07) is 24.5. The molecule has 0 radical (unpaired) electrons. The smallest absolute Gasteiger partial charge is 0.196 e. The largest absolute Gasteiger partial charge is 0.270 e. The number of aryl methyl sites for hydroxylation is 1. The van der Waals surface area contributed by atoms with Crippen molar-refractivity contribution < 1.29 is 0 Å². The third-order valence-corrected chi connectivity index (χ3v) is 6.62. The van der Waals surface area contributed by atoms with Gasteiger partial charge in [0.2, 0.25) is 0 Å². The summed E-state index contributed by atoms with van der Waals surface area (Å²) in [4.78, 5) is 9.15. The van der Waals surface area contributed by atoms with Crippen molar-refractivity contribution in [3.05, 3.63) is 95.6 Å². The molecule has 0 aliphatic rings. The van der Waals surface area contributed by atoms with E-state index >= 15 is 0 Å². The van der Waals surface area contributed by atoms with Gasteiger partial charge in [0.25, 0.3) is 0 Å². The molecule has 5 nitrogen and oxygen atoms in total. The van der Waals surface area contributed by atoms with E-state index in [4.69, 9.17) is 4.98 Å². The van der Waals surface area contributed by atoms with Crippen LogP contribution in [0.25, 0.3) is 27.8 Å². The molecule has 0 aliphatic carbocycles. The van der Waals surface area contributed by atoms with Crippen LogP contribution in [0.5, 0.6) is 0 Å². The summed E-state index contributed by atoms with van der Waals surface area (Å²) in [5.74, 6) is 1.54. The average molecular weight is 442 g/mol. The van der Waals surface area contributed by atoms with Gasteiger partial charge in [-0.25, -0.2) is 4.98 Å². The van der Waals surface area contributed by atoms with Gasteiger partial charge in [-0.3, -0.25) is 9.55 Å². The van der Waals surface area contributed by atoms with Gasteiger partial charge in [0, 0.05) is 28.6 Å². The summed E-state index contributed by atoms with van der Waals surface area (Å²) in [5.41, 5.74) is 5.21. The Morgan fingerprint density at radius 2 is 1.71 bits per heavy atom. The maximum absolute atomic E-state index is 4.75. The van der Waals surface area contributed by atoms with E-state index in [1.807, 2.05) is 36.4 Å². The van der Waals surface area contributed by atoms with Crippen LogP contribution < -0.4 is 0 Å². The van der Waals surface area contributed by atoms with Crippen LogP contribution in [0.15, 0.2) is 89.5 Å². The first-order valence-electron chi connectivity index (χ1n) is 9.84. The third-order valence-electron chi connectivity index (χ3n) is 4.74. The van der Waals surface area contributed by atoms with E-state index < -0.39 is 0 Å². The number of hydrogen-bond donors (Lipinski definition) is 0. The maximum Gasteiger partial charge on any atom is 0.196 e. The number of aromatic nitrogens is 5. The lowest BCUT2D eigenvalue weighted by Gasteiger charge is -2.10. The Morgan fingerprint density at radius 3 is 2.48 bits per heavy atom. The van der Waals surface area contributed by atoms with Crippen LogP contribution in [0.1, 0.15) is 11.3 Å². The fourth-order valence-corrected chi connectivity index (χ4v) is 4.93. The van der Waals surface area contributed by atoms with E-state index in [2.05, 4.69) is 68.5 Å². The number of thioether (sulfide) groups is 1. The fraction of sp³-hybridized carbons (Fsp3) is 0.0833. The van der Waals surface area contributed by atoms with Gasteiger partial charge < -0.3 is 0 Å². The standard InChI is InChI=1S/C24H19N5S2/c1-17-10-12-20(13-11-17)29-22(18-7-3-2-4-8-18)27-28-24(29)31-16-19-15-30-23(26-19)21-9-5-6-14-25-21/h2-15H,16H2,1H3. The van der Waals surface area contributed by atoms with Crippen molar-refractivity contribution in [2.45, 2.75) is 17.8 Å². The van der Waals surface area contributed by atoms with E-state index in [0.717, 1.165) is 38.6 Å². The summed E-state index contributed by atoms with van der Waals surface area (Å²) in [7, 11) is 0. The van der Waals surface area contributed by atoms with Crippen LogP contribution >= 0.6 is 23.1 Å². The first-order chi connectivity index (χ1) is 15.3. The first-order valence-corrected chi connectivity index (χ1v) is 11.7. The van der Waals surface area contributed by atoms with Gasteiger partial charge in [-0.1, -0.05) is 65.9 Å². The van der Waals surface area contributed by atoms with Gasteiger partial charge in [-0.2, -0.15) is 0 Å². The van der Waals surface area contributed by atoms with Crippen LogP contribution in [-0.4, -0.2) is 24.7 Å². The zero-order valence-electron chi connectivity index (χ0n) is 16.8. The molecule has 0 bridgehead atoms. The van der Waals surface area contributed by atoms with E-state index in [1.54, 1.807) is 29.3 Å². The summed E-state index contributed by atoms with van der Waals surface area (Å²) < 4.78 is 2.12. The van der Waals surface area contributed by atoms with Crippen LogP contribution in [0, 0.1) is 6.92 Å². The SMILES string of the molecule is Cc1ccc(-n2c(SCc3csc(-c4ccccn4)n3)nnc2-c2ccccc2)cc1. The average Bonchev–Trinajstić information content (AvgIpc) is 3.47. The van der Waals surface area contributed by atoms with Gasteiger partial charge in [0.05, 0.1) is 11.4 Å². The Balaban J connectivity index is 1.45. The van der Waals surface area contributed by atoms with Gasteiger partial charge in [0.15, 0.2) is 11.0 Å². The molecule has 3 aromatic heterocycles. The third kappa shape index (κ3) is 4.28. The molecule has 0 amide bonds. The molecule has 152 valence electrons. The zero-order chi connectivity index (χ0) is 21.0. The van der Waals surface area contributed by atoms with Gasteiger partial charge in [0.1, 0.15) is 5.01 Å². The zero-order valence-corrected chi connectivity index (χ0v) is 18.5. The molecular weight excluding hydrogens is 422 g/mol. The molecule has 7 heteroatoms. The summed E-state index contributed by atoms with van der Waals surface area (Å²) in [6.45, 7) is 2.09. The van der Waals surface area contributed by atoms with Crippen molar-refractivity contribution in [2.24, 2.45) is 0 Å². The Kier molecular flexibility index (Phi) is 5.60. The van der Waals surface area contributed by atoms with Crippen LogP contribution in [-0.2, 0) is 5.75 Å². The Bertz CT molecular complexity index is 1280. The lowest BCUT2D eigenvalue weighted by molar-refractivity contribution is 0.885. The van der Waals surface area contributed by atoms with Crippen molar-refractivity contribution in [3.63, 3.8) is 0 Å². The lowest BCUT2D eigenvalue weighted by Crippen LogP contribution is -2.00. The predicted octanol–water partition coefficient (Wildman–Crippen LogP) is 6.05. The maximum atomic E-state index is 4.75. The second-order valence-electron chi connectivity index (χ2n) is 6.99. The molecule has 5 aromatic rings. The van der Waals surface area contributed by atoms with E-state index in [1.165, 1.54) is 5.56 Å². The molecule has 31 heavy (non-hydrogen) atoms. The molecule has 0 fully saturated rings. The number of hydrogen-bond acceptors (Lipinski definition) is 6. The summed E-state index contributed by atoms with van der Waals surface area (Å²) >= 11 is 3.25. The number of rotatable bonds is 6. The van der Waals surface area contributed by atoms with Crippen LogP contribution in [0.4, 0.5) is 0 Å².